The summed E-state index contributed by atoms with van der Waals surface area (Å²) >= 11 is 0. The highest BCUT2D eigenvalue weighted by Gasteiger charge is 2.28. The molecule has 164 valence electrons. The van der Waals surface area contributed by atoms with E-state index < -0.39 is 11.8 Å². The Balaban J connectivity index is 1.51. The summed E-state index contributed by atoms with van der Waals surface area (Å²) in [6.45, 7) is 3.42. The number of piperidine rings is 1. The van der Waals surface area contributed by atoms with Crippen LogP contribution in [0.4, 0.5) is 31.0 Å². The predicted molar refractivity (Wildman–Crippen MR) is 117 cm³/mol. The van der Waals surface area contributed by atoms with E-state index in [-0.39, 0.29) is 23.5 Å². The van der Waals surface area contributed by atoms with E-state index in [9.17, 15) is 18.8 Å². The third-order valence-electron chi connectivity index (χ3n) is 4.95. The molecule has 31 heavy (non-hydrogen) atoms. The highest BCUT2D eigenvalue weighted by atomic mass is 19.1. The molecule has 1 aliphatic rings. The van der Waals surface area contributed by atoms with Crippen LogP contribution in [0.1, 0.15) is 19.8 Å². The number of urea groups is 2. The Bertz CT molecular complexity index is 935. The van der Waals surface area contributed by atoms with Crippen molar-refractivity contribution in [1.82, 2.24) is 10.2 Å². The largest absolute Gasteiger partial charge is 0.356 e. The first-order valence-corrected chi connectivity index (χ1v) is 10.2. The zero-order chi connectivity index (χ0) is 22.2. The Hall–Kier alpha value is -3.62. The van der Waals surface area contributed by atoms with Crippen molar-refractivity contribution >= 4 is 35.0 Å². The molecule has 3 rings (SSSR count). The summed E-state index contributed by atoms with van der Waals surface area (Å²) in [5, 5.41) is 10.7. The minimum absolute atomic E-state index is 0.0240. The smallest absolute Gasteiger partial charge is 0.323 e. The second-order valence-corrected chi connectivity index (χ2v) is 7.25. The van der Waals surface area contributed by atoms with Crippen LogP contribution in [-0.2, 0) is 4.79 Å². The summed E-state index contributed by atoms with van der Waals surface area (Å²) in [5.41, 5.74) is 1.13. The van der Waals surface area contributed by atoms with Gasteiger partial charge in [-0.1, -0.05) is 12.1 Å². The molecule has 2 aromatic carbocycles. The predicted octanol–water partition coefficient (Wildman–Crippen LogP) is 3.85. The number of carbonyl (C=O) groups is 3. The lowest BCUT2D eigenvalue weighted by atomic mass is 9.97. The number of anilines is 3. The highest BCUT2D eigenvalue weighted by Crippen LogP contribution is 2.19. The zero-order valence-corrected chi connectivity index (χ0v) is 17.3. The summed E-state index contributed by atoms with van der Waals surface area (Å²) in [7, 11) is 0. The number of hydrogen-bond acceptors (Lipinski definition) is 3. The second kappa shape index (κ2) is 10.4. The fourth-order valence-corrected chi connectivity index (χ4v) is 3.38. The Morgan fingerprint density at radius 1 is 1.00 bits per heavy atom. The van der Waals surface area contributed by atoms with Crippen molar-refractivity contribution in [3.05, 3.63) is 54.3 Å². The summed E-state index contributed by atoms with van der Waals surface area (Å²) in [4.78, 5) is 38.3. The molecule has 0 bridgehead atoms. The molecule has 5 amide bonds. The molecule has 1 aliphatic heterocycles. The maximum Gasteiger partial charge on any atom is 0.323 e. The van der Waals surface area contributed by atoms with Gasteiger partial charge in [0.25, 0.3) is 0 Å². The van der Waals surface area contributed by atoms with Gasteiger partial charge in [0, 0.05) is 31.0 Å². The van der Waals surface area contributed by atoms with E-state index in [1.807, 2.05) is 6.92 Å². The first-order valence-electron chi connectivity index (χ1n) is 10.2. The number of nitrogens with one attached hydrogen (secondary N) is 4. The first kappa shape index (κ1) is 22.1. The minimum atomic E-state index is -0.577. The molecular formula is C22H26FN5O3. The number of likely N-dealkylation sites (tertiary alicyclic amines) is 1. The van der Waals surface area contributed by atoms with Crippen LogP contribution in [0.3, 0.4) is 0 Å². The standard InChI is InChI=1S/C22H26FN5O3/c1-2-24-20(29)15-6-5-13-28(14-15)22(31)26-17-11-9-16(10-12-17)25-21(30)27-19-8-4-3-7-18(19)23/h3-4,7-12,15H,2,5-6,13-14H2,1H3,(H,24,29)(H,26,31)(H2,25,27,30)/t15-/m1/s1. The summed E-state index contributed by atoms with van der Waals surface area (Å²) in [6, 6.07) is 11.6. The van der Waals surface area contributed by atoms with E-state index in [2.05, 4.69) is 21.3 Å². The average molecular weight is 427 g/mol. The first-order chi connectivity index (χ1) is 15.0. The van der Waals surface area contributed by atoms with Crippen LogP contribution >= 0.6 is 0 Å². The van der Waals surface area contributed by atoms with Gasteiger partial charge < -0.3 is 26.2 Å². The maximum atomic E-state index is 13.6. The molecule has 0 saturated carbocycles. The van der Waals surface area contributed by atoms with Gasteiger partial charge in [-0.05, 0) is 56.2 Å². The van der Waals surface area contributed by atoms with E-state index in [4.69, 9.17) is 0 Å². The molecule has 9 heteroatoms. The van der Waals surface area contributed by atoms with Gasteiger partial charge in [-0.25, -0.2) is 14.0 Å². The second-order valence-electron chi connectivity index (χ2n) is 7.25. The molecule has 1 atom stereocenters. The fraction of sp³-hybridized carbons (Fsp3) is 0.318. The van der Waals surface area contributed by atoms with E-state index in [0.29, 0.717) is 31.0 Å². The Morgan fingerprint density at radius 3 is 2.35 bits per heavy atom. The summed E-state index contributed by atoms with van der Waals surface area (Å²) in [5.74, 6) is -0.745. The molecule has 1 fully saturated rings. The van der Waals surface area contributed by atoms with E-state index >= 15 is 0 Å². The van der Waals surface area contributed by atoms with Gasteiger partial charge in [0.1, 0.15) is 5.82 Å². The Labute approximate surface area is 180 Å². The van der Waals surface area contributed by atoms with Crippen LogP contribution in [0.5, 0.6) is 0 Å². The van der Waals surface area contributed by atoms with Gasteiger partial charge in [0.2, 0.25) is 5.91 Å². The molecular weight excluding hydrogens is 401 g/mol. The lowest BCUT2D eigenvalue weighted by Crippen LogP contribution is -2.46. The number of benzene rings is 2. The van der Waals surface area contributed by atoms with Crippen molar-refractivity contribution in [2.45, 2.75) is 19.8 Å². The van der Waals surface area contributed by atoms with Crippen LogP contribution in [0, 0.1) is 11.7 Å². The molecule has 0 unspecified atom stereocenters. The normalized spacial score (nSPS) is 15.7. The Morgan fingerprint density at radius 2 is 1.68 bits per heavy atom. The van der Waals surface area contributed by atoms with Gasteiger partial charge in [0.05, 0.1) is 11.6 Å². The zero-order valence-electron chi connectivity index (χ0n) is 17.3. The molecule has 0 radical (unpaired) electrons. The number of nitrogens with zero attached hydrogens (tertiary/aromatic N) is 1. The lowest BCUT2D eigenvalue weighted by molar-refractivity contribution is -0.126. The van der Waals surface area contributed by atoms with Crippen LogP contribution in [-0.4, -0.2) is 42.5 Å². The molecule has 0 aromatic heterocycles. The molecule has 0 spiro atoms. The Kier molecular flexibility index (Phi) is 7.42. The van der Waals surface area contributed by atoms with Gasteiger partial charge >= 0.3 is 12.1 Å². The quantitative estimate of drug-likeness (QED) is 0.583. The van der Waals surface area contributed by atoms with Gasteiger partial charge in [0.15, 0.2) is 0 Å². The van der Waals surface area contributed by atoms with E-state index in [0.717, 1.165) is 12.8 Å². The van der Waals surface area contributed by atoms with Crippen molar-refractivity contribution in [2.75, 3.05) is 35.6 Å². The van der Waals surface area contributed by atoms with Gasteiger partial charge in [-0.2, -0.15) is 0 Å². The van der Waals surface area contributed by atoms with E-state index in [1.165, 1.54) is 18.2 Å². The summed E-state index contributed by atoms with van der Waals surface area (Å²) in [6.07, 6.45) is 1.54. The van der Waals surface area contributed by atoms with Crippen molar-refractivity contribution < 1.29 is 18.8 Å². The third kappa shape index (κ3) is 6.18. The van der Waals surface area contributed by atoms with E-state index in [1.54, 1.807) is 35.2 Å². The minimum Gasteiger partial charge on any atom is -0.356 e. The van der Waals surface area contributed by atoms with Crippen molar-refractivity contribution in [1.29, 1.82) is 0 Å². The molecule has 8 nitrogen and oxygen atoms in total. The van der Waals surface area contributed by atoms with Crippen molar-refractivity contribution in [2.24, 2.45) is 5.92 Å². The molecule has 1 saturated heterocycles. The number of hydrogen-bond donors (Lipinski definition) is 4. The SMILES string of the molecule is CCNC(=O)[C@@H]1CCCN(C(=O)Nc2ccc(NC(=O)Nc3ccccc3F)cc2)C1. The number of halogens is 1. The molecule has 0 aliphatic carbocycles. The van der Waals surface area contributed by atoms with Crippen LogP contribution in [0.25, 0.3) is 0 Å². The van der Waals surface area contributed by atoms with Crippen LogP contribution < -0.4 is 21.3 Å². The maximum absolute atomic E-state index is 13.6. The van der Waals surface area contributed by atoms with Crippen LogP contribution in [0.2, 0.25) is 0 Å². The van der Waals surface area contributed by atoms with Crippen LogP contribution in [0.15, 0.2) is 48.5 Å². The number of para-hydroxylation sites is 1. The fourth-order valence-electron chi connectivity index (χ4n) is 3.38. The molecule has 4 N–H and O–H groups in total. The van der Waals surface area contributed by atoms with Gasteiger partial charge in [-0.3, -0.25) is 4.79 Å². The molecule has 1 heterocycles. The number of carbonyl (C=O) groups excluding carboxylic acids is 3. The monoisotopic (exact) mass is 427 g/mol. The average Bonchev–Trinajstić information content (AvgIpc) is 2.77. The van der Waals surface area contributed by atoms with Crippen molar-refractivity contribution in [3.8, 4) is 0 Å². The third-order valence-corrected chi connectivity index (χ3v) is 4.95. The molecule has 2 aromatic rings. The topological polar surface area (TPSA) is 103 Å². The van der Waals surface area contributed by atoms with Crippen molar-refractivity contribution in [3.63, 3.8) is 0 Å². The number of rotatable bonds is 5. The lowest BCUT2D eigenvalue weighted by Gasteiger charge is -2.32. The number of amides is 5. The highest BCUT2D eigenvalue weighted by molar-refractivity contribution is 6.00. The summed E-state index contributed by atoms with van der Waals surface area (Å²) < 4.78 is 13.6. The van der Waals surface area contributed by atoms with Gasteiger partial charge in [-0.15, -0.1) is 0 Å².